The Labute approximate surface area is 156 Å². The van der Waals surface area contributed by atoms with Gasteiger partial charge in [-0.1, -0.05) is 23.8 Å². The van der Waals surface area contributed by atoms with E-state index < -0.39 is 6.04 Å². The Balaban J connectivity index is 1.46. The topological polar surface area (TPSA) is 79.8 Å². The highest BCUT2D eigenvalue weighted by molar-refractivity contribution is 6.40. The summed E-state index contributed by atoms with van der Waals surface area (Å²) < 4.78 is 5.23. The van der Waals surface area contributed by atoms with Crippen molar-refractivity contribution in [2.24, 2.45) is 10.9 Å². The second-order valence-corrected chi connectivity index (χ2v) is 7.02. The van der Waals surface area contributed by atoms with Gasteiger partial charge in [0.1, 0.15) is 17.5 Å². The van der Waals surface area contributed by atoms with Gasteiger partial charge in [0.2, 0.25) is 5.91 Å². The van der Waals surface area contributed by atoms with E-state index in [0.717, 1.165) is 11.3 Å². The summed E-state index contributed by atoms with van der Waals surface area (Å²) >= 11 is 6.02. The molecule has 3 atom stereocenters. The van der Waals surface area contributed by atoms with Crippen molar-refractivity contribution < 1.29 is 14.3 Å². The van der Waals surface area contributed by atoms with Crippen LogP contribution < -0.4 is 15.4 Å². The second-order valence-electron chi connectivity index (χ2n) is 6.59. The minimum Gasteiger partial charge on any atom is -0.497 e. The number of hydrogen-bond donors (Lipinski definition) is 2. The zero-order valence-corrected chi connectivity index (χ0v) is 14.9. The number of rotatable bonds is 3. The molecular formula is C19H18ClN3O3. The van der Waals surface area contributed by atoms with E-state index in [1.807, 2.05) is 18.2 Å². The molecule has 0 fully saturated rings. The fourth-order valence-electron chi connectivity index (χ4n) is 3.50. The number of aliphatic imine (C=N–C) groups is 1. The van der Waals surface area contributed by atoms with Crippen molar-refractivity contribution in [1.82, 2.24) is 5.32 Å². The molecule has 3 aliphatic rings. The quantitative estimate of drug-likeness (QED) is 0.854. The van der Waals surface area contributed by atoms with Gasteiger partial charge in [-0.15, -0.1) is 0 Å². The van der Waals surface area contributed by atoms with Crippen LogP contribution in [0.2, 0.25) is 0 Å². The zero-order valence-electron chi connectivity index (χ0n) is 14.2. The Morgan fingerprint density at radius 1 is 1.38 bits per heavy atom. The van der Waals surface area contributed by atoms with Crippen LogP contribution in [0, 0.1) is 5.92 Å². The maximum atomic E-state index is 12.6. The molecule has 2 amide bonds. The van der Waals surface area contributed by atoms with Gasteiger partial charge in [-0.25, -0.2) is 0 Å². The van der Waals surface area contributed by atoms with Crippen LogP contribution in [0.25, 0.3) is 0 Å². The van der Waals surface area contributed by atoms with Crippen LogP contribution in [0.1, 0.15) is 12.0 Å². The van der Waals surface area contributed by atoms with E-state index in [1.54, 1.807) is 25.3 Å². The van der Waals surface area contributed by atoms with Crippen LogP contribution in [-0.4, -0.2) is 36.7 Å². The van der Waals surface area contributed by atoms with E-state index in [9.17, 15) is 9.59 Å². The number of nitrogens with zero attached hydrogens (tertiary/aromatic N) is 1. The zero-order chi connectivity index (χ0) is 18.3. The summed E-state index contributed by atoms with van der Waals surface area (Å²) in [7, 11) is 1.59. The van der Waals surface area contributed by atoms with E-state index in [4.69, 9.17) is 16.3 Å². The molecule has 0 saturated carbocycles. The predicted octanol–water partition coefficient (Wildman–Crippen LogP) is 2.20. The Morgan fingerprint density at radius 3 is 3.04 bits per heavy atom. The largest absolute Gasteiger partial charge is 0.497 e. The maximum absolute atomic E-state index is 12.6. The average molecular weight is 372 g/mol. The second kappa shape index (κ2) is 6.61. The van der Waals surface area contributed by atoms with Gasteiger partial charge in [0.15, 0.2) is 0 Å². The van der Waals surface area contributed by atoms with Crippen LogP contribution in [0.3, 0.4) is 0 Å². The van der Waals surface area contributed by atoms with E-state index in [1.165, 1.54) is 0 Å². The summed E-state index contributed by atoms with van der Waals surface area (Å²) in [6.45, 7) is 0. The van der Waals surface area contributed by atoms with Gasteiger partial charge in [-0.3, -0.25) is 14.6 Å². The number of hydrogen-bond acceptors (Lipinski definition) is 4. The molecule has 3 unspecified atom stereocenters. The molecule has 0 radical (unpaired) electrons. The first-order valence-corrected chi connectivity index (χ1v) is 8.82. The Morgan fingerprint density at radius 2 is 2.23 bits per heavy atom. The lowest BCUT2D eigenvalue weighted by Crippen LogP contribution is -2.49. The molecule has 0 aromatic heterocycles. The smallest absolute Gasteiger partial charge is 0.265 e. The van der Waals surface area contributed by atoms with E-state index >= 15 is 0 Å². The molecule has 2 N–H and O–H groups in total. The van der Waals surface area contributed by atoms with Crippen molar-refractivity contribution in [3.8, 4) is 5.75 Å². The lowest BCUT2D eigenvalue weighted by molar-refractivity contribution is -0.123. The Bertz CT molecular complexity index is 875. The van der Waals surface area contributed by atoms with E-state index in [0.29, 0.717) is 29.3 Å². The van der Waals surface area contributed by atoms with Gasteiger partial charge < -0.3 is 15.4 Å². The van der Waals surface area contributed by atoms with E-state index in [-0.39, 0.29) is 23.8 Å². The number of carbonyl (C=O) groups excluding carboxylic acids is 2. The third kappa shape index (κ3) is 3.12. The number of benzene rings is 1. The SMILES string of the molecule is COc1ccc2c(c1)CC(NC(=O)C1=NC3C=CC(Cl)=CC3C1)C(=O)N2. The first kappa shape index (κ1) is 16.8. The van der Waals surface area contributed by atoms with Crippen molar-refractivity contribution in [1.29, 1.82) is 0 Å². The van der Waals surface area contributed by atoms with Crippen molar-refractivity contribution in [3.05, 3.63) is 47.0 Å². The molecule has 0 spiro atoms. The number of anilines is 1. The van der Waals surface area contributed by atoms with Gasteiger partial charge >= 0.3 is 0 Å². The van der Waals surface area contributed by atoms with Gasteiger partial charge in [0, 0.05) is 29.5 Å². The highest BCUT2D eigenvalue weighted by atomic mass is 35.5. The molecule has 134 valence electrons. The highest BCUT2D eigenvalue weighted by Gasteiger charge is 2.34. The summed E-state index contributed by atoms with van der Waals surface area (Å²) in [5.74, 6) is 0.293. The standard InChI is InChI=1S/C19H18ClN3O3/c1-26-13-3-5-15-11(7-13)9-17(19(25)22-15)23-18(24)16-8-10-6-12(20)2-4-14(10)21-16/h2-7,10,14,17H,8-9H2,1H3,(H,22,25)(H,23,24). The molecule has 0 saturated heterocycles. The summed E-state index contributed by atoms with van der Waals surface area (Å²) in [4.78, 5) is 29.4. The minimum absolute atomic E-state index is 0.0524. The fourth-order valence-corrected chi connectivity index (χ4v) is 3.73. The molecule has 4 rings (SSSR count). The number of carbonyl (C=O) groups is 2. The fraction of sp³-hybridized carbons (Fsp3) is 0.316. The molecule has 2 heterocycles. The van der Waals surface area contributed by atoms with Crippen molar-refractivity contribution in [2.75, 3.05) is 12.4 Å². The maximum Gasteiger partial charge on any atom is 0.265 e. The van der Waals surface area contributed by atoms with Gasteiger partial charge in [-0.2, -0.15) is 0 Å². The number of allylic oxidation sites excluding steroid dienone is 2. The summed E-state index contributed by atoms with van der Waals surface area (Å²) in [6.07, 6.45) is 6.56. The number of nitrogens with one attached hydrogen (secondary N) is 2. The molecule has 0 bridgehead atoms. The van der Waals surface area contributed by atoms with Gasteiger partial charge in [0.05, 0.1) is 13.2 Å². The molecule has 6 nitrogen and oxygen atoms in total. The highest BCUT2D eigenvalue weighted by Crippen LogP contribution is 2.31. The molecular weight excluding hydrogens is 354 g/mol. The van der Waals surface area contributed by atoms with Crippen LogP contribution in [0.15, 0.2) is 46.5 Å². The van der Waals surface area contributed by atoms with Crippen LogP contribution in [0.4, 0.5) is 5.69 Å². The lowest BCUT2D eigenvalue weighted by Gasteiger charge is -2.25. The predicted molar refractivity (Wildman–Crippen MR) is 99.7 cm³/mol. The summed E-state index contributed by atoms with van der Waals surface area (Å²) in [5.41, 5.74) is 2.13. The van der Waals surface area contributed by atoms with Crippen molar-refractivity contribution in [2.45, 2.75) is 24.9 Å². The molecule has 1 aromatic carbocycles. The van der Waals surface area contributed by atoms with Crippen molar-refractivity contribution >= 4 is 34.8 Å². The third-order valence-corrected chi connectivity index (χ3v) is 5.13. The van der Waals surface area contributed by atoms with Gasteiger partial charge in [-0.05, 0) is 29.8 Å². The van der Waals surface area contributed by atoms with Crippen molar-refractivity contribution in [3.63, 3.8) is 0 Å². The molecule has 1 aliphatic carbocycles. The normalized spacial score (nSPS) is 26.2. The number of methoxy groups -OCH3 is 1. The van der Waals surface area contributed by atoms with Gasteiger partial charge in [0.25, 0.3) is 5.91 Å². The number of ether oxygens (including phenoxy) is 1. The van der Waals surface area contributed by atoms with Crippen LogP contribution in [-0.2, 0) is 16.0 Å². The number of amides is 2. The molecule has 2 aliphatic heterocycles. The van der Waals surface area contributed by atoms with Crippen LogP contribution in [0.5, 0.6) is 5.75 Å². The Hall–Kier alpha value is -2.60. The van der Waals surface area contributed by atoms with Crippen LogP contribution >= 0.6 is 11.6 Å². The Kier molecular flexibility index (Phi) is 4.28. The monoisotopic (exact) mass is 371 g/mol. The molecule has 1 aromatic rings. The van der Waals surface area contributed by atoms with E-state index in [2.05, 4.69) is 15.6 Å². The summed E-state index contributed by atoms with van der Waals surface area (Å²) in [5, 5.41) is 6.30. The first-order chi connectivity index (χ1) is 12.5. The molecule has 26 heavy (non-hydrogen) atoms. The lowest BCUT2D eigenvalue weighted by atomic mass is 9.94. The third-order valence-electron chi connectivity index (χ3n) is 4.88. The first-order valence-electron chi connectivity index (χ1n) is 8.44. The summed E-state index contributed by atoms with van der Waals surface area (Å²) in [6, 6.07) is 4.77. The average Bonchev–Trinajstić information content (AvgIpc) is 3.05. The number of halogens is 1. The number of fused-ring (bicyclic) bond motifs is 2. The minimum atomic E-state index is -0.637. The molecule has 7 heteroatoms.